The van der Waals surface area contributed by atoms with Gasteiger partial charge in [-0.2, -0.15) is 0 Å². The van der Waals surface area contributed by atoms with Gasteiger partial charge in [-0.1, -0.05) is 46.5 Å². The van der Waals surface area contributed by atoms with Gasteiger partial charge in [0.25, 0.3) is 0 Å². The summed E-state index contributed by atoms with van der Waals surface area (Å²) in [5, 5.41) is 0. The molecule has 1 saturated heterocycles. The van der Waals surface area contributed by atoms with E-state index in [0.29, 0.717) is 12.3 Å². The minimum Gasteiger partial charge on any atom is -0.277 e. The molecular weight excluding hydrogens is 250 g/mol. The van der Waals surface area contributed by atoms with E-state index in [1.807, 2.05) is 13.8 Å². The molecule has 1 aliphatic heterocycles. The molecule has 116 valence electrons. The highest BCUT2D eigenvalue weighted by atomic mass is 16.2. The number of hydrogen-bond acceptors (Lipinski definition) is 2. The van der Waals surface area contributed by atoms with Crippen LogP contribution in [0.2, 0.25) is 0 Å². The number of hydrogen-bond donors (Lipinski definition) is 0. The van der Waals surface area contributed by atoms with Gasteiger partial charge in [0.1, 0.15) is 0 Å². The van der Waals surface area contributed by atoms with Crippen LogP contribution in [0.3, 0.4) is 0 Å². The van der Waals surface area contributed by atoms with Crippen molar-refractivity contribution in [2.24, 2.45) is 11.8 Å². The van der Waals surface area contributed by atoms with Crippen molar-refractivity contribution in [2.45, 2.75) is 85.1 Å². The number of imide groups is 1. The lowest BCUT2D eigenvalue weighted by molar-refractivity contribution is -0.146. The van der Waals surface area contributed by atoms with Crippen molar-refractivity contribution in [3.63, 3.8) is 0 Å². The Labute approximate surface area is 124 Å². The third-order valence-corrected chi connectivity index (χ3v) is 4.16. The van der Waals surface area contributed by atoms with Gasteiger partial charge in [-0.25, -0.2) is 0 Å². The van der Waals surface area contributed by atoms with Gasteiger partial charge >= 0.3 is 0 Å². The summed E-state index contributed by atoms with van der Waals surface area (Å²) in [5.74, 6) is 0.512. The molecule has 1 unspecified atom stereocenters. The average Bonchev–Trinajstić information content (AvgIpc) is 2.58. The molecule has 3 nitrogen and oxygen atoms in total. The summed E-state index contributed by atoms with van der Waals surface area (Å²) in [6.07, 6.45) is 6.82. The number of rotatable bonds is 8. The first-order valence-electron chi connectivity index (χ1n) is 8.16. The van der Waals surface area contributed by atoms with E-state index >= 15 is 0 Å². The van der Waals surface area contributed by atoms with E-state index < -0.39 is 0 Å². The molecule has 0 aromatic rings. The zero-order chi connectivity index (χ0) is 15.3. The highest BCUT2D eigenvalue weighted by molar-refractivity contribution is 6.04. The minimum atomic E-state index is -0.347. The van der Waals surface area contributed by atoms with Crippen molar-refractivity contribution in [2.75, 3.05) is 0 Å². The molecule has 3 heteroatoms. The van der Waals surface area contributed by atoms with Crippen molar-refractivity contribution >= 4 is 11.8 Å². The van der Waals surface area contributed by atoms with Crippen molar-refractivity contribution in [3.05, 3.63) is 0 Å². The minimum absolute atomic E-state index is 0.0288. The van der Waals surface area contributed by atoms with Gasteiger partial charge in [-0.05, 0) is 32.6 Å². The van der Waals surface area contributed by atoms with Crippen LogP contribution < -0.4 is 0 Å². The maximum Gasteiger partial charge on any atom is 0.233 e. The second-order valence-electron chi connectivity index (χ2n) is 7.23. The van der Waals surface area contributed by atoms with Gasteiger partial charge in [-0.3, -0.25) is 14.5 Å². The monoisotopic (exact) mass is 281 g/mol. The standard InChI is InChI=1S/C17H31NO2/c1-6-7-8-9-10-14-11-15(19)18(16(14)20)17(4,5)12-13(2)3/h13-14H,6-12H2,1-5H3. The molecule has 0 radical (unpaired) electrons. The molecule has 1 fully saturated rings. The van der Waals surface area contributed by atoms with Crippen molar-refractivity contribution in [1.82, 2.24) is 4.90 Å². The lowest BCUT2D eigenvalue weighted by atomic mass is 9.91. The number of amides is 2. The molecule has 0 aromatic heterocycles. The molecule has 0 aromatic carbocycles. The number of carbonyl (C=O) groups is 2. The van der Waals surface area contributed by atoms with E-state index in [1.54, 1.807) is 4.90 Å². The lowest BCUT2D eigenvalue weighted by Crippen LogP contribution is -2.48. The quantitative estimate of drug-likeness (QED) is 0.495. The summed E-state index contributed by atoms with van der Waals surface area (Å²) in [6.45, 7) is 10.5. The molecule has 0 saturated carbocycles. The molecule has 0 spiro atoms. The first-order chi connectivity index (χ1) is 9.29. The Hall–Kier alpha value is -0.860. The van der Waals surface area contributed by atoms with Gasteiger partial charge in [0, 0.05) is 17.9 Å². The molecule has 2 amide bonds. The molecule has 1 atom stereocenters. The third-order valence-electron chi connectivity index (χ3n) is 4.16. The molecule has 0 aliphatic carbocycles. The Bertz CT molecular complexity index is 347. The van der Waals surface area contributed by atoms with E-state index in [2.05, 4.69) is 20.8 Å². The summed E-state index contributed by atoms with van der Waals surface area (Å²) in [4.78, 5) is 26.3. The van der Waals surface area contributed by atoms with E-state index in [-0.39, 0.29) is 23.3 Å². The number of carbonyl (C=O) groups excluding carboxylic acids is 2. The van der Waals surface area contributed by atoms with Gasteiger partial charge in [-0.15, -0.1) is 0 Å². The van der Waals surface area contributed by atoms with Crippen LogP contribution in [0.4, 0.5) is 0 Å². The van der Waals surface area contributed by atoms with Crippen LogP contribution in [0.1, 0.15) is 79.6 Å². The van der Waals surface area contributed by atoms with Gasteiger partial charge in [0.2, 0.25) is 11.8 Å². The largest absolute Gasteiger partial charge is 0.277 e. The van der Waals surface area contributed by atoms with Crippen LogP contribution in [0.25, 0.3) is 0 Å². The van der Waals surface area contributed by atoms with E-state index in [1.165, 1.54) is 19.3 Å². The Morgan fingerprint density at radius 3 is 2.40 bits per heavy atom. The number of likely N-dealkylation sites (tertiary alicyclic amines) is 1. The van der Waals surface area contributed by atoms with Crippen molar-refractivity contribution in [1.29, 1.82) is 0 Å². The van der Waals surface area contributed by atoms with Crippen molar-refractivity contribution < 1.29 is 9.59 Å². The van der Waals surface area contributed by atoms with Crippen LogP contribution in [-0.2, 0) is 9.59 Å². The zero-order valence-corrected chi connectivity index (χ0v) is 13.9. The first kappa shape index (κ1) is 17.2. The molecule has 20 heavy (non-hydrogen) atoms. The average molecular weight is 281 g/mol. The Kier molecular flexibility index (Phi) is 6.22. The van der Waals surface area contributed by atoms with Gasteiger partial charge < -0.3 is 0 Å². The predicted molar refractivity (Wildman–Crippen MR) is 82.3 cm³/mol. The summed E-state index contributed by atoms with van der Waals surface area (Å²) >= 11 is 0. The van der Waals surface area contributed by atoms with E-state index in [4.69, 9.17) is 0 Å². The maximum absolute atomic E-state index is 12.5. The SMILES string of the molecule is CCCCCCC1CC(=O)N(C(C)(C)CC(C)C)C1=O. The van der Waals surface area contributed by atoms with Gasteiger partial charge in [0.15, 0.2) is 0 Å². The summed E-state index contributed by atoms with van der Waals surface area (Å²) < 4.78 is 0. The Morgan fingerprint density at radius 2 is 1.85 bits per heavy atom. The van der Waals surface area contributed by atoms with Gasteiger partial charge in [0.05, 0.1) is 0 Å². The van der Waals surface area contributed by atoms with Crippen LogP contribution in [0.15, 0.2) is 0 Å². The molecule has 1 heterocycles. The second kappa shape index (κ2) is 7.24. The normalized spacial score (nSPS) is 20.3. The fourth-order valence-electron chi connectivity index (χ4n) is 3.46. The fraction of sp³-hybridized carbons (Fsp3) is 0.882. The van der Waals surface area contributed by atoms with E-state index in [0.717, 1.165) is 19.3 Å². The summed E-state index contributed by atoms with van der Waals surface area (Å²) in [6, 6.07) is 0. The molecular formula is C17H31NO2. The van der Waals surface area contributed by atoms with Crippen LogP contribution >= 0.6 is 0 Å². The summed E-state index contributed by atoms with van der Waals surface area (Å²) in [7, 11) is 0. The zero-order valence-electron chi connectivity index (χ0n) is 13.9. The van der Waals surface area contributed by atoms with Crippen LogP contribution in [0, 0.1) is 11.8 Å². The third kappa shape index (κ3) is 4.32. The smallest absolute Gasteiger partial charge is 0.233 e. The summed E-state index contributed by atoms with van der Waals surface area (Å²) in [5.41, 5.74) is -0.347. The molecule has 1 aliphatic rings. The number of nitrogens with zero attached hydrogens (tertiary/aromatic N) is 1. The molecule has 1 rings (SSSR count). The topological polar surface area (TPSA) is 37.4 Å². The van der Waals surface area contributed by atoms with Crippen LogP contribution in [0.5, 0.6) is 0 Å². The fourth-order valence-corrected chi connectivity index (χ4v) is 3.46. The highest BCUT2D eigenvalue weighted by Crippen LogP contribution is 2.33. The maximum atomic E-state index is 12.5. The predicted octanol–water partition coefficient (Wildman–Crippen LogP) is 4.16. The highest BCUT2D eigenvalue weighted by Gasteiger charge is 2.45. The van der Waals surface area contributed by atoms with Crippen molar-refractivity contribution in [3.8, 4) is 0 Å². The second-order valence-corrected chi connectivity index (χ2v) is 7.23. The number of unbranched alkanes of at least 4 members (excludes halogenated alkanes) is 3. The first-order valence-corrected chi connectivity index (χ1v) is 8.16. The molecule has 0 bridgehead atoms. The van der Waals surface area contributed by atoms with Crippen LogP contribution in [-0.4, -0.2) is 22.3 Å². The van der Waals surface area contributed by atoms with E-state index in [9.17, 15) is 9.59 Å². The Balaban J connectivity index is 2.62. The lowest BCUT2D eigenvalue weighted by Gasteiger charge is -2.35. The Morgan fingerprint density at radius 1 is 1.20 bits per heavy atom. The molecule has 0 N–H and O–H groups in total.